The van der Waals surface area contributed by atoms with E-state index in [1.54, 1.807) is 11.3 Å². The Morgan fingerprint density at radius 1 is 1.25 bits per heavy atom. The zero-order valence-electron chi connectivity index (χ0n) is 8.49. The van der Waals surface area contributed by atoms with Gasteiger partial charge >= 0.3 is 0 Å². The number of halogens is 2. The van der Waals surface area contributed by atoms with E-state index in [4.69, 9.17) is 17.3 Å². The van der Waals surface area contributed by atoms with Crippen molar-refractivity contribution in [1.29, 1.82) is 0 Å². The molecule has 0 saturated carbocycles. The SMILES string of the molecule is NCC(c1ccc(Cl)s1)c1ccccc1Br. The molecule has 0 bridgehead atoms. The molecule has 0 aliphatic carbocycles. The molecule has 1 unspecified atom stereocenters. The maximum atomic E-state index is 5.95. The monoisotopic (exact) mass is 315 g/mol. The van der Waals surface area contributed by atoms with Crippen LogP contribution < -0.4 is 5.73 Å². The normalized spacial score (nSPS) is 12.7. The van der Waals surface area contributed by atoms with Crippen molar-refractivity contribution in [3.8, 4) is 0 Å². The van der Waals surface area contributed by atoms with Crippen LogP contribution in [-0.2, 0) is 0 Å². The molecule has 4 heteroatoms. The molecule has 2 aromatic rings. The van der Waals surface area contributed by atoms with Gasteiger partial charge in [0.1, 0.15) is 0 Å². The molecule has 0 saturated heterocycles. The van der Waals surface area contributed by atoms with Crippen molar-refractivity contribution in [3.05, 3.63) is 55.6 Å². The van der Waals surface area contributed by atoms with E-state index in [1.807, 2.05) is 30.3 Å². The fourth-order valence-electron chi connectivity index (χ4n) is 1.67. The standard InChI is InChI=1S/C12H11BrClNS/c13-10-4-2-1-3-8(10)9(7-15)11-5-6-12(14)16-11/h1-6,9H,7,15H2. The molecule has 1 nitrogen and oxygen atoms in total. The number of hydrogen-bond acceptors (Lipinski definition) is 2. The molecule has 1 aromatic heterocycles. The van der Waals surface area contributed by atoms with Crippen LogP contribution in [0.2, 0.25) is 4.34 Å². The fraction of sp³-hybridized carbons (Fsp3) is 0.167. The molecule has 0 amide bonds. The summed E-state index contributed by atoms with van der Waals surface area (Å²) in [6.07, 6.45) is 0. The van der Waals surface area contributed by atoms with Crippen molar-refractivity contribution in [1.82, 2.24) is 0 Å². The lowest BCUT2D eigenvalue weighted by molar-refractivity contribution is 0.831. The molecule has 1 heterocycles. The average molecular weight is 317 g/mol. The van der Waals surface area contributed by atoms with Crippen LogP contribution in [0, 0.1) is 0 Å². The topological polar surface area (TPSA) is 26.0 Å². The zero-order chi connectivity index (χ0) is 11.5. The number of thiophene rings is 1. The Balaban J connectivity index is 2.40. The molecular weight excluding hydrogens is 306 g/mol. The van der Waals surface area contributed by atoms with E-state index in [0.717, 1.165) is 8.81 Å². The lowest BCUT2D eigenvalue weighted by Crippen LogP contribution is -2.13. The molecule has 0 fully saturated rings. The van der Waals surface area contributed by atoms with Gasteiger partial charge in [-0.3, -0.25) is 0 Å². The van der Waals surface area contributed by atoms with Crippen molar-refractivity contribution in [2.45, 2.75) is 5.92 Å². The largest absolute Gasteiger partial charge is 0.329 e. The Hall–Kier alpha value is -0.350. The molecule has 0 spiro atoms. The molecule has 0 aliphatic heterocycles. The van der Waals surface area contributed by atoms with Crippen LogP contribution in [0.15, 0.2) is 40.9 Å². The van der Waals surface area contributed by atoms with Gasteiger partial charge in [-0.1, -0.05) is 45.7 Å². The Kier molecular flexibility index (Phi) is 4.03. The summed E-state index contributed by atoms with van der Waals surface area (Å²) in [6.45, 7) is 0.583. The van der Waals surface area contributed by atoms with Crippen LogP contribution in [0.3, 0.4) is 0 Å². The molecule has 16 heavy (non-hydrogen) atoms. The summed E-state index contributed by atoms with van der Waals surface area (Å²) in [5, 5.41) is 0. The van der Waals surface area contributed by atoms with E-state index in [2.05, 4.69) is 22.0 Å². The lowest BCUT2D eigenvalue weighted by atomic mass is 9.98. The highest BCUT2D eigenvalue weighted by Crippen LogP contribution is 2.34. The highest BCUT2D eigenvalue weighted by Gasteiger charge is 2.16. The van der Waals surface area contributed by atoms with Gasteiger partial charge in [0.25, 0.3) is 0 Å². The van der Waals surface area contributed by atoms with Crippen molar-refractivity contribution < 1.29 is 0 Å². The van der Waals surface area contributed by atoms with Crippen LogP contribution in [0.1, 0.15) is 16.4 Å². The second-order valence-corrected chi connectivity index (χ2v) is 6.05. The second kappa shape index (κ2) is 5.32. The van der Waals surface area contributed by atoms with Gasteiger partial charge < -0.3 is 5.73 Å². The van der Waals surface area contributed by atoms with E-state index in [-0.39, 0.29) is 5.92 Å². The lowest BCUT2D eigenvalue weighted by Gasteiger charge is -2.15. The minimum Gasteiger partial charge on any atom is -0.329 e. The first-order valence-electron chi connectivity index (χ1n) is 4.92. The molecule has 2 N–H and O–H groups in total. The maximum absolute atomic E-state index is 5.95. The zero-order valence-corrected chi connectivity index (χ0v) is 11.6. The summed E-state index contributed by atoms with van der Waals surface area (Å²) in [5.74, 6) is 0.216. The van der Waals surface area contributed by atoms with Crippen LogP contribution in [0.5, 0.6) is 0 Å². The summed E-state index contributed by atoms with van der Waals surface area (Å²) in [5.41, 5.74) is 7.07. The summed E-state index contributed by atoms with van der Waals surface area (Å²) < 4.78 is 1.90. The summed E-state index contributed by atoms with van der Waals surface area (Å²) in [4.78, 5) is 1.21. The van der Waals surface area contributed by atoms with Gasteiger partial charge in [-0.05, 0) is 23.8 Å². The quantitative estimate of drug-likeness (QED) is 0.900. The highest BCUT2D eigenvalue weighted by atomic mass is 79.9. The summed E-state index contributed by atoms with van der Waals surface area (Å²) in [6, 6.07) is 12.1. The van der Waals surface area contributed by atoms with E-state index in [9.17, 15) is 0 Å². The fourth-order valence-corrected chi connectivity index (χ4v) is 3.42. The van der Waals surface area contributed by atoms with Crippen LogP contribution in [0.4, 0.5) is 0 Å². The third-order valence-corrected chi connectivity index (χ3v) is 4.52. The maximum Gasteiger partial charge on any atom is 0.0931 e. The molecular formula is C12H11BrClNS. The first-order chi connectivity index (χ1) is 7.72. The molecule has 2 rings (SSSR count). The summed E-state index contributed by atoms with van der Waals surface area (Å²) >= 11 is 11.1. The Morgan fingerprint density at radius 3 is 2.56 bits per heavy atom. The van der Waals surface area contributed by atoms with Gasteiger partial charge in [0.05, 0.1) is 4.34 Å². The smallest absolute Gasteiger partial charge is 0.0931 e. The van der Waals surface area contributed by atoms with E-state index < -0.39 is 0 Å². The molecule has 1 atom stereocenters. The van der Waals surface area contributed by atoms with Gasteiger partial charge in [-0.15, -0.1) is 11.3 Å². The molecule has 1 aromatic carbocycles. The van der Waals surface area contributed by atoms with E-state index in [1.165, 1.54) is 10.4 Å². The number of benzene rings is 1. The van der Waals surface area contributed by atoms with Crippen molar-refractivity contribution >= 4 is 38.9 Å². The van der Waals surface area contributed by atoms with Gasteiger partial charge in [0.15, 0.2) is 0 Å². The minimum atomic E-state index is 0.216. The van der Waals surface area contributed by atoms with Crippen LogP contribution >= 0.6 is 38.9 Å². The highest BCUT2D eigenvalue weighted by molar-refractivity contribution is 9.10. The predicted octanol–water partition coefficient (Wildman–Crippen LogP) is 4.25. The van der Waals surface area contributed by atoms with E-state index in [0.29, 0.717) is 6.54 Å². The van der Waals surface area contributed by atoms with Crippen LogP contribution in [-0.4, -0.2) is 6.54 Å². The number of hydrogen-bond donors (Lipinski definition) is 1. The van der Waals surface area contributed by atoms with Crippen molar-refractivity contribution in [3.63, 3.8) is 0 Å². The average Bonchev–Trinajstić information content (AvgIpc) is 2.69. The minimum absolute atomic E-state index is 0.216. The van der Waals surface area contributed by atoms with Gasteiger partial charge in [-0.25, -0.2) is 0 Å². The molecule has 0 aliphatic rings. The van der Waals surface area contributed by atoms with Gasteiger partial charge in [-0.2, -0.15) is 0 Å². The predicted molar refractivity (Wildman–Crippen MR) is 74.4 cm³/mol. The van der Waals surface area contributed by atoms with Crippen molar-refractivity contribution in [2.24, 2.45) is 5.73 Å². The third-order valence-electron chi connectivity index (χ3n) is 2.45. The van der Waals surface area contributed by atoms with Crippen LogP contribution in [0.25, 0.3) is 0 Å². The first kappa shape index (κ1) is 12.1. The Morgan fingerprint density at radius 2 is 2.00 bits per heavy atom. The van der Waals surface area contributed by atoms with Gasteiger partial charge in [0, 0.05) is 21.8 Å². The number of rotatable bonds is 3. The Labute approximate surface area is 112 Å². The first-order valence-corrected chi connectivity index (χ1v) is 6.91. The second-order valence-electron chi connectivity index (χ2n) is 3.45. The molecule has 84 valence electrons. The Bertz CT molecular complexity index is 483. The van der Waals surface area contributed by atoms with E-state index >= 15 is 0 Å². The third kappa shape index (κ3) is 2.48. The molecule has 0 radical (unpaired) electrons. The summed E-state index contributed by atoms with van der Waals surface area (Å²) in [7, 11) is 0. The van der Waals surface area contributed by atoms with Gasteiger partial charge in [0.2, 0.25) is 0 Å². The number of nitrogens with two attached hydrogens (primary N) is 1. The van der Waals surface area contributed by atoms with Crippen molar-refractivity contribution in [2.75, 3.05) is 6.54 Å².